The molecular formula is C30H47N3O5. The maximum Gasteiger partial charge on any atom is 0.410 e. The molecule has 3 aliphatic rings. The van der Waals surface area contributed by atoms with Crippen molar-refractivity contribution in [3.05, 3.63) is 29.8 Å². The Kier molecular flexibility index (Phi) is 8.92. The van der Waals surface area contributed by atoms with E-state index in [2.05, 4.69) is 17.0 Å². The van der Waals surface area contributed by atoms with Crippen molar-refractivity contribution < 1.29 is 24.2 Å². The summed E-state index contributed by atoms with van der Waals surface area (Å²) < 4.78 is 11.5. The van der Waals surface area contributed by atoms with Gasteiger partial charge in [0.1, 0.15) is 18.0 Å². The molecule has 212 valence electrons. The van der Waals surface area contributed by atoms with Crippen LogP contribution in [0.1, 0.15) is 71.3 Å². The summed E-state index contributed by atoms with van der Waals surface area (Å²) in [5, 5.41) is 11.3. The number of aryl methyl sites for hydroxylation is 1. The highest BCUT2D eigenvalue weighted by Crippen LogP contribution is 2.40. The Morgan fingerprint density at radius 2 is 1.68 bits per heavy atom. The SMILES string of the molecule is CN1CCOc2ccccc2CCCCC2(CCN(CC3(O)CCN(C(=O)OC(C)(C)C)CC3)CC2)C1=O. The number of rotatable bonds is 2. The van der Waals surface area contributed by atoms with Gasteiger partial charge in [0, 0.05) is 26.7 Å². The lowest BCUT2D eigenvalue weighted by Crippen LogP contribution is -2.56. The number of para-hydroxylation sites is 1. The normalized spacial score (nSPS) is 23.1. The number of piperidine rings is 2. The number of nitrogens with zero attached hydrogens (tertiary/aromatic N) is 3. The largest absolute Gasteiger partial charge is 0.491 e. The zero-order chi connectivity index (χ0) is 27.4. The molecule has 0 aliphatic carbocycles. The monoisotopic (exact) mass is 529 g/mol. The Labute approximate surface area is 228 Å². The molecule has 0 bridgehead atoms. The van der Waals surface area contributed by atoms with Crippen molar-refractivity contribution in [3.8, 4) is 5.75 Å². The highest BCUT2D eigenvalue weighted by atomic mass is 16.6. The van der Waals surface area contributed by atoms with Crippen LogP contribution in [-0.4, -0.2) is 95.9 Å². The average molecular weight is 530 g/mol. The number of aliphatic hydroxyl groups is 1. The lowest BCUT2D eigenvalue weighted by Gasteiger charge is -2.46. The number of fused-ring (bicyclic) bond motifs is 1. The van der Waals surface area contributed by atoms with Crippen LogP contribution in [0.25, 0.3) is 0 Å². The van der Waals surface area contributed by atoms with E-state index in [4.69, 9.17) is 9.47 Å². The molecule has 2 saturated heterocycles. The maximum atomic E-state index is 13.7. The number of carbonyl (C=O) groups excluding carboxylic acids is 2. The molecule has 2 amide bonds. The van der Waals surface area contributed by atoms with Gasteiger partial charge in [0.15, 0.2) is 0 Å². The van der Waals surface area contributed by atoms with Gasteiger partial charge in [-0.25, -0.2) is 4.79 Å². The van der Waals surface area contributed by atoms with Gasteiger partial charge in [-0.15, -0.1) is 0 Å². The van der Waals surface area contributed by atoms with E-state index in [0.29, 0.717) is 45.6 Å². The molecule has 0 saturated carbocycles. The van der Waals surface area contributed by atoms with Crippen LogP contribution in [0.4, 0.5) is 4.79 Å². The van der Waals surface area contributed by atoms with E-state index < -0.39 is 11.2 Å². The lowest BCUT2D eigenvalue weighted by molar-refractivity contribution is -0.145. The molecule has 1 spiro atoms. The third kappa shape index (κ3) is 7.20. The molecule has 4 rings (SSSR count). The molecule has 3 aliphatic heterocycles. The number of benzene rings is 1. The first-order chi connectivity index (χ1) is 18.0. The van der Waals surface area contributed by atoms with Gasteiger partial charge >= 0.3 is 6.09 Å². The van der Waals surface area contributed by atoms with Gasteiger partial charge in [-0.05, 0) is 90.4 Å². The first kappa shape index (κ1) is 28.7. The van der Waals surface area contributed by atoms with E-state index in [1.807, 2.05) is 44.9 Å². The number of ether oxygens (including phenoxy) is 2. The van der Waals surface area contributed by atoms with E-state index in [-0.39, 0.29) is 17.4 Å². The number of amides is 2. The standard InChI is InChI=1S/C30H47N3O5/c1-28(2,3)38-27(35)33-19-15-30(36,16-20-33)23-32-17-13-29(14-18-32)12-8-7-10-24-9-5-6-11-25(24)37-22-21-31(4)26(29)34/h5-6,9,11,36H,7-8,10,12-23H2,1-4H3. The van der Waals surface area contributed by atoms with E-state index in [1.165, 1.54) is 5.56 Å². The Morgan fingerprint density at radius 3 is 2.37 bits per heavy atom. The highest BCUT2D eigenvalue weighted by Gasteiger charge is 2.44. The summed E-state index contributed by atoms with van der Waals surface area (Å²) in [6, 6.07) is 8.24. The summed E-state index contributed by atoms with van der Waals surface area (Å²) >= 11 is 0. The molecule has 1 aromatic rings. The summed E-state index contributed by atoms with van der Waals surface area (Å²) in [5.41, 5.74) is -0.435. The first-order valence-corrected chi connectivity index (χ1v) is 14.4. The highest BCUT2D eigenvalue weighted by molar-refractivity contribution is 5.82. The van der Waals surface area contributed by atoms with Crippen molar-refractivity contribution in [2.24, 2.45) is 5.41 Å². The fourth-order valence-electron chi connectivity index (χ4n) is 6.15. The molecule has 0 atom stereocenters. The van der Waals surface area contributed by atoms with E-state index in [9.17, 15) is 14.7 Å². The van der Waals surface area contributed by atoms with Crippen LogP contribution in [0.3, 0.4) is 0 Å². The number of likely N-dealkylation sites (tertiary alicyclic amines) is 2. The minimum Gasteiger partial charge on any atom is -0.491 e. The minimum absolute atomic E-state index is 0.235. The van der Waals surface area contributed by atoms with Gasteiger partial charge in [0.2, 0.25) is 5.91 Å². The fourth-order valence-corrected chi connectivity index (χ4v) is 6.15. The maximum absolute atomic E-state index is 13.7. The van der Waals surface area contributed by atoms with Gasteiger partial charge in [-0.1, -0.05) is 24.6 Å². The summed E-state index contributed by atoms with van der Waals surface area (Å²) in [6.45, 7) is 9.86. The number of β-amino-alcohol motifs (C(OH)–C–C–N with tert-alkyl or cyclic N) is 1. The van der Waals surface area contributed by atoms with E-state index in [0.717, 1.165) is 57.4 Å². The lowest BCUT2D eigenvalue weighted by atomic mass is 9.72. The third-order valence-electron chi connectivity index (χ3n) is 8.49. The Morgan fingerprint density at radius 1 is 1.00 bits per heavy atom. The smallest absolute Gasteiger partial charge is 0.410 e. The number of likely N-dealkylation sites (N-methyl/N-ethyl adjacent to an activating group) is 1. The molecule has 3 heterocycles. The zero-order valence-electron chi connectivity index (χ0n) is 23.8. The second kappa shape index (κ2) is 11.8. The van der Waals surface area contributed by atoms with Crippen LogP contribution in [0, 0.1) is 5.41 Å². The van der Waals surface area contributed by atoms with Crippen LogP contribution >= 0.6 is 0 Å². The van der Waals surface area contributed by atoms with E-state index in [1.54, 1.807) is 4.90 Å². The predicted octanol–water partition coefficient (Wildman–Crippen LogP) is 4.09. The Balaban J connectivity index is 1.32. The molecule has 38 heavy (non-hydrogen) atoms. The van der Waals surface area contributed by atoms with Crippen molar-refractivity contribution in [1.29, 1.82) is 0 Å². The van der Waals surface area contributed by atoms with Crippen LogP contribution < -0.4 is 4.74 Å². The number of carbonyl (C=O) groups is 2. The van der Waals surface area contributed by atoms with Gasteiger partial charge in [0.25, 0.3) is 0 Å². The first-order valence-electron chi connectivity index (χ1n) is 14.4. The molecule has 8 nitrogen and oxygen atoms in total. The second-order valence-corrected chi connectivity index (χ2v) is 12.6. The Bertz CT molecular complexity index is 959. The summed E-state index contributed by atoms with van der Waals surface area (Å²) in [5.74, 6) is 1.17. The van der Waals surface area contributed by atoms with Gasteiger partial charge in [-0.3, -0.25) is 4.79 Å². The van der Waals surface area contributed by atoms with Crippen LogP contribution in [0.5, 0.6) is 5.75 Å². The van der Waals surface area contributed by atoms with Gasteiger partial charge in [0.05, 0.1) is 17.6 Å². The van der Waals surface area contributed by atoms with Gasteiger partial charge in [-0.2, -0.15) is 0 Å². The molecule has 0 aromatic heterocycles. The molecule has 8 heteroatoms. The topological polar surface area (TPSA) is 82.6 Å². The van der Waals surface area contributed by atoms with Crippen molar-refractivity contribution in [2.45, 2.75) is 83.3 Å². The molecule has 0 radical (unpaired) electrons. The molecule has 2 fully saturated rings. The zero-order valence-corrected chi connectivity index (χ0v) is 23.8. The summed E-state index contributed by atoms with van der Waals surface area (Å²) in [6.07, 6.45) is 6.32. The van der Waals surface area contributed by atoms with Crippen molar-refractivity contribution in [3.63, 3.8) is 0 Å². The third-order valence-corrected chi connectivity index (χ3v) is 8.49. The second-order valence-electron chi connectivity index (χ2n) is 12.6. The molecule has 0 unspecified atom stereocenters. The van der Waals surface area contributed by atoms with Crippen LogP contribution in [0.15, 0.2) is 24.3 Å². The van der Waals surface area contributed by atoms with Crippen molar-refractivity contribution >= 4 is 12.0 Å². The van der Waals surface area contributed by atoms with E-state index >= 15 is 0 Å². The summed E-state index contributed by atoms with van der Waals surface area (Å²) in [4.78, 5) is 32.0. The Hall–Kier alpha value is -2.32. The molecule has 1 aromatic carbocycles. The van der Waals surface area contributed by atoms with Gasteiger partial charge < -0.3 is 29.3 Å². The van der Waals surface area contributed by atoms with Crippen LogP contribution in [-0.2, 0) is 16.0 Å². The number of hydrogen-bond donors (Lipinski definition) is 1. The van der Waals surface area contributed by atoms with Crippen molar-refractivity contribution in [1.82, 2.24) is 14.7 Å². The predicted molar refractivity (Wildman–Crippen MR) is 147 cm³/mol. The number of hydrogen-bond acceptors (Lipinski definition) is 6. The molecular weight excluding hydrogens is 482 g/mol. The van der Waals surface area contributed by atoms with Crippen LogP contribution in [0.2, 0.25) is 0 Å². The quantitative estimate of drug-likeness (QED) is 0.621. The summed E-state index contributed by atoms with van der Waals surface area (Å²) in [7, 11) is 1.90. The van der Waals surface area contributed by atoms with Crippen molar-refractivity contribution in [2.75, 3.05) is 52.9 Å². The average Bonchev–Trinajstić information content (AvgIpc) is 2.86. The minimum atomic E-state index is -0.818. The fraction of sp³-hybridized carbons (Fsp3) is 0.733. The molecule has 1 N–H and O–H groups in total.